The van der Waals surface area contributed by atoms with Gasteiger partial charge < -0.3 is 10.5 Å². The van der Waals surface area contributed by atoms with E-state index in [-0.39, 0.29) is 0 Å². The van der Waals surface area contributed by atoms with Crippen LogP contribution in [0.1, 0.15) is 31.7 Å². The Labute approximate surface area is 114 Å². The summed E-state index contributed by atoms with van der Waals surface area (Å²) in [5.74, 6) is 2.02. The van der Waals surface area contributed by atoms with Gasteiger partial charge in [-0.15, -0.1) is 0 Å². The molecule has 0 aliphatic rings. The summed E-state index contributed by atoms with van der Waals surface area (Å²) in [6.07, 6.45) is 2.97. The Morgan fingerprint density at radius 2 is 2.11 bits per heavy atom. The molecule has 0 saturated carbocycles. The first-order chi connectivity index (χ1) is 9.20. The first-order valence-electron chi connectivity index (χ1n) is 6.71. The number of nitrogens with zero attached hydrogens (tertiary/aromatic N) is 2. The molecule has 1 aromatic carbocycles. The van der Waals surface area contributed by atoms with Crippen LogP contribution >= 0.6 is 0 Å². The molecule has 0 aliphatic carbocycles. The van der Waals surface area contributed by atoms with Crippen molar-refractivity contribution in [3.63, 3.8) is 0 Å². The van der Waals surface area contributed by atoms with Crippen molar-refractivity contribution in [3.05, 3.63) is 42.1 Å². The minimum atomic E-state index is 0.511. The molecule has 1 atom stereocenters. The number of ether oxygens (including phenoxy) is 1. The molecule has 0 amide bonds. The summed E-state index contributed by atoms with van der Waals surface area (Å²) in [6, 6.07) is 10.0. The fraction of sp³-hybridized carbons (Fsp3) is 0.400. The molecule has 1 aromatic heterocycles. The highest BCUT2D eigenvalue weighted by Gasteiger charge is 2.09. The van der Waals surface area contributed by atoms with Crippen molar-refractivity contribution >= 4 is 5.82 Å². The van der Waals surface area contributed by atoms with E-state index < -0.39 is 0 Å². The van der Waals surface area contributed by atoms with Crippen LogP contribution in [0.5, 0.6) is 5.75 Å². The van der Waals surface area contributed by atoms with Crippen molar-refractivity contribution in [2.24, 2.45) is 0 Å². The van der Waals surface area contributed by atoms with E-state index in [2.05, 4.69) is 31.1 Å². The third-order valence-electron chi connectivity index (χ3n) is 3.30. The summed E-state index contributed by atoms with van der Waals surface area (Å²) in [6.45, 7) is 5.70. The average molecular weight is 259 g/mol. The highest BCUT2D eigenvalue weighted by atomic mass is 16.5. The molecule has 0 saturated heterocycles. The first kappa shape index (κ1) is 13.5. The van der Waals surface area contributed by atoms with Crippen LogP contribution in [0, 0.1) is 0 Å². The molecule has 4 nitrogen and oxygen atoms in total. The lowest BCUT2D eigenvalue weighted by molar-refractivity contribution is 0.287. The molecular formula is C15H21N3O. The molecule has 1 heterocycles. The fourth-order valence-electron chi connectivity index (χ4n) is 1.99. The second-order valence-corrected chi connectivity index (χ2v) is 4.70. The fourth-order valence-corrected chi connectivity index (χ4v) is 1.99. The van der Waals surface area contributed by atoms with Crippen molar-refractivity contribution in [3.8, 4) is 5.75 Å². The van der Waals surface area contributed by atoms with Crippen LogP contribution in [0.4, 0.5) is 5.82 Å². The van der Waals surface area contributed by atoms with Gasteiger partial charge in [0.2, 0.25) is 0 Å². The van der Waals surface area contributed by atoms with Crippen LogP contribution in [0.15, 0.2) is 36.5 Å². The third-order valence-corrected chi connectivity index (χ3v) is 3.30. The summed E-state index contributed by atoms with van der Waals surface area (Å²) < 4.78 is 7.66. The monoisotopic (exact) mass is 259 g/mol. The van der Waals surface area contributed by atoms with Crippen LogP contribution < -0.4 is 10.5 Å². The van der Waals surface area contributed by atoms with E-state index in [9.17, 15) is 0 Å². The number of hydrogen-bond donors (Lipinski definition) is 1. The number of aromatic nitrogens is 2. The minimum absolute atomic E-state index is 0.511. The van der Waals surface area contributed by atoms with Crippen molar-refractivity contribution in [1.29, 1.82) is 0 Å². The largest absolute Gasteiger partial charge is 0.491 e. The SMILES string of the molecule is CCC(C)c1ccccc1OCCn1ccc(N)n1. The van der Waals surface area contributed by atoms with E-state index in [4.69, 9.17) is 10.5 Å². The number of anilines is 1. The van der Waals surface area contributed by atoms with Gasteiger partial charge in [-0.25, -0.2) is 0 Å². The number of para-hydroxylation sites is 1. The number of hydrogen-bond acceptors (Lipinski definition) is 3. The van der Waals surface area contributed by atoms with Gasteiger partial charge in [-0.05, 0) is 30.0 Å². The first-order valence-corrected chi connectivity index (χ1v) is 6.71. The number of benzene rings is 1. The van der Waals surface area contributed by atoms with Gasteiger partial charge in [0.05, 0.1) is 6.54 Å². The van der Waals surface area contributed by atoms with Crippen LogP contribution in [-0.2, 0) is 6.54 Å². The quantitative estimate of drug-likeness (QED) is 0.867. The molecule has 102 valence electrons. The van der Waals surface area contributed by atoms with Gasteiger partial charge in [0, 0.05) is 6.20 Å². The van der Waals surface area contributed by atoms with E-state index in [0.29, 0.717) is 24.9 Å². The predicted octanol–water partition coefficient (Wildman–Crippen LogP) is 3.06. The van der Waals surface area contributed by atoms with E-state index in [0.717, 1.165) is 12.2 Å². The average Bonchev–Trinajstić information content (AvgIpc) is 2.84. The predicted molar refractivity (Wildman–Crippen MR) is 77.3 cm³/mol. The maximum Gasteiger partial charge on any atom is 0.145 e. The van der Waals surface area contributed by atoms with E-state index in [1.54, 1.807) is 10.7 Å². The molecule has 0 fully saturated rings. The summed E-state index contributed by atoms with van der Waals surface area (Å²) in [4.78, 5) is 0. The summed E-state index contributed by atoms with van der Waals surface area (Å²) in [7, 11) is 0. The Morgan fingerprint density at radius 3 is 2.79 bits per heavy atom. The second-order valence-electron chi connectivity index (χ2n) is 4.70. The lowest BCUT2D eigenvalue weighted by atomic mass is 9.98. The zero-order valence-corrected chi connectivity index (χ0v) is 11.5. The number of nitrogens with two attached hydrogens (primary N) is 1. The van der Waals surface area contributed by atoms with Crippen molar-refractivity contribution < 1.29 is 4.74 Å². The molecule has 19 heavy (non-hydrogen) atoms. The Hall–Kier alpha value is -1.97. The van der Waals surface area contributed by atoms with E-state index in [1.807, 2.05) is 18.3 Å². The molecule has 0 spiro atoms. The van der Waals surface area contributed by atoms with Gasteiger partial charge in [-0.2, -0.15) is 5.10 Å². The van der Waals surface area contributed by atoms with Gasteiger partial charge in [0.1, 0.15) is 18.2 Å². The molecule has 1 unspecified atom stereocenters. The molecule has 4 heteroatoms. The number of rotatable bonds is 6. The highest BCUT2D eigenvalue weighted by molar-refractivity contribution is 5.35. The second kappa shape index (κ2) is 6.27. The normalized spacial score (nSPS) is 12.3. The Kier molecular flexibility index (Phi) is 4.44. The standard InChI is InChI=1S/C15H21N3O/c1-3-12(2)13-6-4-5-7-14(13)19-11-10-18-9-8-15(16)17-18/h4-9,12H,3,10-11H2,1-2H3,(H2,16,17). The zero-order valence-electron chi connectivity index (χ0n) is 11.5. The van der Waals surface area contributed by atoms with Crippen molar-refractivity contribution in [1.82, 2.24) is 9.78 Å². The maximum atomic E-state index is 5.87. The smallest absolute Gasteiger partial charge is 0.145 e. The molecule has 0 radical (unpaired) electrons. The Bertz CT molecular complexity index is 522. The molecular weight excluding hydrogens is 238 g/mol. The van der Waals surface area contributed by atoms with Gasteiger partial charge in [-0.1, -0.05) is 32.0 Å². The van der Waals surface area contributed by atoms with Crippen LogP contribution in [0.25, 0.3) is 0 Å². The van der Waals surface area contributed by atoms with Crippen molar-refractivity contribution in [2.45, 2.75) is 32.7 Å². The third kappa shape index (κ3) is 3.50. The topological polar surface area (TPSA) is 53.1 Å². The molecule has 2 N–H and O–H groups in total. The molecule has 2 rings (SSSR count). The lowest BCUT2D eigenvalue weighted by Crippen LogP contribution is -2.10. The van der Waals surface area contributed by atoms with E-state index >= 15 is 0 Å². The maximum absolute atomic E-state index is 5.87. The summed E-state index contributed by atoms with van der Waals surface area (Å²) in [5, 5.41) is 4.13. The Balaban J connectivity index is 1.95. The van der Waals surface area contributed by atoms with Gasteiger partial charge >= 0.3 is 0 Å². The minimum Gasteiger partial charge on any atom is -0.491 e. The van der Waals surface area contributed by atoms with Gasteiger partial charge in [-0.3, -0.25) is 4.68 Å². The molecule has 0 bridgehead atoms. The highest BCUT2D eigenvalue weighted by Crippen LogP contribution is 2.28. The number of nitrogen functional groups attached to an aromatic ring is 1. The van der Waals surface area contributed by atoms with Crippen LogP contribution in [0.3, 0.4) is 0 Å². The molecule has 0 aliphatic heterocycles. The van der Waals surface area contributed by atoms with Crippen LogP contribution in [-0.4, -0.2) is 16.4 Å². The van der Waals surface area contributed by atoms with Crippen LogP contribution in [0.2, 0.25) is 0 Å². The van der Waals surface area contributed by atoms with Gasteiger partial charge in [0.15, 0.2) is 0 Å². The van der Waals surface area contributed by atoms with Gasteiger partial charge in [0.25, 0.3) is 0 Å². The van der Waals surface area contributed by atoms with Crippen molar-refractivity contribution in [2.75, 3.05) is 12.3 Å². The van der Waals surface area contributed by atoms with E-state index in [1.165, 1.54) is 5.56 Å². The molecule has 2 aromatic rings. The zero-order chi connectivity index (χ0) is 13.7. The summed E-state index contributed by atoms with van der Waals surface area (Å²) >= 11 is 0. The Morgan fingerprint density at radius 1 is 1.32 bits per heavy atom. The lowest BCUT2D eigenvalue weighted by Gasteiger charge is -2.15. The summed E-state index contributed by atoms with van der Waals surface area (Å²) in [5.41, 5.74) is 6.84.